The summed E-state index contributed by atoms with van der Waals surface area (Å²) in [4.78, 5) is 35.2. The van der Waals surface area contributed by atoms with Gasteiger partial charge in [-0.25, -0.2) is 0 Å². The van der Waals surface area contributed by atoms with Crippen LogP contribution in [-0.4, -0.2) is 48.4 Å². The van der Waals surface area contributed by atoms with Gasteiger partial charge in [-0.1, -0.05) is 0 Å². The Balaban J connectivity index is 2.80. The maximum atomic E-state index is 12.5. The minimum absolute atomic E-state index is 0.0497. The maximum Gasteiger partial charge on any atom is 0.406 e. The first kappa shape index (κ1) is 20.1. The smallest absolute Gasteiger partial charge is 0.343 e. The molecule has 7 nitrogen and oxygen atoms in total. The first-order valence-electron chi connectivity index (χ1n) is 6.98. The van der Waals surface area contributed by atoms with Gasteiger partial charge in [0.25, 0.3) is 5.91 Å². The van der Waals surface area contributed by atoms with E-state index >= 15 is 0 Å². The van der Waals surface area contributed by atoms with Crippen LogP contribution in [0.5, 0.6) is 0 Å². The molecule has 3 amide bonds. The van der Waals surface area contributed by atoms with Gasteiger partial charge in [-0.2, -0.15) is 18.4 Å². The first-order chi connectivity index (χ1) is 11.6. The van der Waals surface area contributed by atoms with Crippen molar-refractivity contribution in [2.75, 3.05) is 19.6 Å². The molecule has 134 valence electrons. The minimum atomic E-state index is -4.78. The topological polar surface area (TPSA) is 116 Å². The van der Waals surface area contributed by atoms with Crippen molar-refractivity contribution in [1.82, 2.24) is 10.2 Å². The third-order valence-electron chi connectivity index (χ3n) is 3.11. The number of amides is 3. The summed E-state index contributed by atoms with van der Waals surface area (Å²) in [6.45, 7) is -1.80. The zero-order valence-corrected chi connectivity index (χ0v) is 13.2. The van der Waals surface area contributed by atoms with Gasteiger partial charge in [0.1, 0.15) is 6.54 Å². The number of nitrogens with one attached hydrogen (secondary N) is 1. The molecule has 0 aliphatic heterocycles. The van der Waals surface area contributed by atoms with E-state index < -0.39 is 43.5 Å². The monoisotopic (exact) mass is 356 g/mol. The van der Waals surface area contributed by atoms with Crippen LogP contribution in [0.4, 0.5) is 13.2 Å². The Kier molecular flexibility index (Phi) is 6.64. The summed E-state index contributed by atoms with van der Waals surface area (Å²) in [5.41, 5.74) is 5.93. The highest BCUT2D eigenvalue weighted by molar-refractivity contribution is 6.01. The van der Waals surface area contributed by atoms with E-state index in [-0.39, 0.29) is 10.5 Å². The quantitative estimate of drug-likeness (QED) is 0.796. The van der Waals surface area contributed by atoms with Crippen LogP contribution in [-0.2, 0) is 9.59 Å². The number of halogens is 3. The van der Waals surface area contributed by atoms with E-state index in [0.717, 1.165) is 0 Å². The molecule has 0 unspecified atom stereocenters. The van der Waals surface area contributed by atoms with E-state index in [1.54, 1.807) is 6.92 Å². The van der Waals surface area contributed by atoms with Crippen LogP contribution in [0, 0.1) is 18.3 Å². The molecule has 0 aromatic heterocycles. The molecule has 0 bridgehead atoms. The van der Waals surface area contributed by atoms with Crippen molar-refractivity contribution in [2.45, 2.75) is 13.1 Å². The molecule has 0 atom stereocenters. The number of rotatable bonds is 5. The summed E-state index contributed by atoms with van der Waals surface area (Å²) in [6.07, 6.45) is -4.78. The molecule has 1 aromatic carbocycles. The number of benzene rings is 1. The second kappa shape index (κ2) is 8.25. The van der Waals surface area contributed by atoms with Crippen LogP contribution >= 0.6 is 0 Å². The molecular formula is C15H15F3N4O3. The van der Waals surface area contributed by atoms with Gasteiger partial charge in [-0.05, 0) is 30.7 Å². The summed E-state index contributed by atoms with van der Waals surface area (Å²) < 4.78 is 37.4. The molecule has 1 aromatic rings. The van der Waals surface area contributed by atoms with E-state index in [9.17, 15) is 27.6 Å². The number of nitrogens with two attached hydrogens (primary N) is 1. The number of carbonyl (C=O) groups is 3. The van der Waals surface area contributed by atoms with Gasteiger partial charge in [0.15, 0.2) is 0 Å². The van der Waals surface area contributed by atoms with Crippen molar-refractivity contribution < 1.29 is 27.6 Å². The number of hydrogen-bond acceptors (Lipinski definition) is 5. The number of carbonyl (C=O) groups excluding carboxylic acids is 3. The highest BCUT2D eigenvalue weighted by Gasteiger charge is 2.35. The molecule has 0 heterocycles. The van der Waals surface area contributed by atoms with Crippen LogP contribution < -0.4 is 11.1 Å². The molecule has 0 aliphatic carbocycles. The summed E-state index contributed by atoms with van der Waals surface area (Å²) >= 11 is 0. The molecular weight excluding hydrogens is 341 g/mol. The Hall–Kier alpha value is -2.93. The lowest BCUT2D eigenvalue weighted by atomic mass is 10.1. The summed E-state index contributed by atoms with van der Waals surface area (Å²) in [7, 11) is 0. The highest BCUT2D eigenvalue weighted by Crippen LogP contribution is 2.16. The number of nitrogens with zero attached hydrogens (tertiary/aromatic N) is 2. The molecule has 25 heavy (non-hydrogen) atoms. The predicted molar refractivity (Wildman–Crippen MR) is 80.1 cm³/mol. The van der Waals surface area contributed by atoms with Gasteiger partial charge in [-0.15, -0.1) is 0 Å². The fraction of sp³-hybridized carbons (Fsp3) is 0.333. The molecule has 0 spiro atoms. The molecule has 0 aliphatic rings. The van der Waals surface area contributed by atoms with E-state index in [4.69, 9.17) is 11.0 Å². The van der Waals surface area contributed by atoms with Crippen LogP contribution in [0.15, 0.2) is 18.2 Å². The minimum Gasteiger partial charge on any atom is -0.343 e. The number of aryl methyl sites for hydroxylation is 1. The van der Waals surface area contributed by atoms with Crippen LogP contribution in [0.3, 0.4) is 0 Å². The second-order valence-electron chi connectivity index (χ2n) is 5.02. The van der Waals surface area contributed by atoms with Crippen molar-refractivity contribution in [3.63, 3.8) is 0 Å². The van der Waals surface area contributed by atoms with Crippen LogP contribution in [0.1, 0.15) is 21.5 Å². The van der Waals surface area contributed by atoms with Crippen molar-refractivity contribution in [3.8, 4) is 6.07 Å². The lowest BCUT2D eigenvalue weighted by Gasteiger charge is -2.21. The number of hydrogen-bond donors (Lipinski definition) is 2. The second-order valence-corrected chi connectivity index (χ2v) is 5.02. The van der Waals surface area contributed by atoms with Gasteiger partial charge in [-0.3, -0.25) is 19.3 Å². The third kappa shape index (κ3) is 5.89. The van der Waals surface area contributed by atoms with Gasteiger partial charge < -0.3 is 11.1 Å². The summed E-state index contributed by atoms with van der Waals surface area (Å²) in [5, 5.41) is 10.9. The van der Waals surface area contributed by atoms with Crippen molar-refractivity contribution in [2.24, 2.45) is 5.73 Å². The van der Waals surface area contributed by atoms with Gasteiger partial charge in [0, 0.05) is 5.56 Å². The van der Waals surface area contributed by atoms with Gasteiger partial charge in [0.05, 0.1) is 24.7 Å². The number of imide groups is 1. The summed E-state index contributed by atoms with van der Waals surface area (Å²) in [6, 6.07) is 6.08. The van der Waals surface area contributed by atoms with Crippen LogP contribution in [0.25, 0.3) is 0 Å². The SMILES string of the molecule is Cc1cc(C#N)ccc1C(=O)NCC(=O)N(CC(F)(F)F)C(=O)CN. The normalized spacial score (nSPS) is 10.7. The number of alkyl halides is 3. The largest absolute Gasteiger partial charge is 0.406 e. The van der Waals surface area contributed by atoms with Crippen molar-refractivity contribution in [3.05, 3.63) is 34.9 Å². The Labute approximate surface area is 141 Å². The zero-order chi connectivity index (χ0) is 19.2. The van der Waals surface area contributed by atoms with E-state index in [2.05, 4.69) is 5.32 Å². The molecule has 3 N–H and O–H groups in total. The molecule has 0 radical (unpaired) electrons. The molecule has 1 rings (SSSR count). The fourth-order valence-electron chi connectivity index (χ4n) is 1.94. The Morgan fingerprint density at radius 2 is 1.92 bits per heavy atom. The van der Waals surface area contributed by atoms with E-state index in [1.165, 1.54) is 18.2 Å². The molecule has 0 saturated heterocycles. The summed E-state index contributed by atoms with van der Waals surface area (Å²) in [5.74, 6) is -3.15. The average molecular weight is 356 g/mol. The third-order valence-corrected chi connectivity index (χ3v) is 3.11. The van der Waals surface area contributed by atoms with Gasteiger partial charge in [0.2, 0.25) is 11.8 Å². The Morgan fingerprint density at radius 3 is 2.40 bits per heavy atom. The van der Waals surface area contributed by atoms with Crippen LogP contribution in [0.2, 0.25) is 0 Å². The number of nitriles is 1. The zero-order valence-electron chi connectivity index (χ0n) is 13.2. The molecule has 0 saturated carbocycles. The lowest BCUT2D eigenvalue weighted by molar-refractivity contribution is -0.169. The average Bonchev–Trinajstić information content (AvgIpc) is 2.55. The van der Waals surface area contributed by atoms with E-state index in [0.29, 0.717) is 11.1 Å². The molecule has 0 fully saturated rings. The lowest BCUT2D eigenvalue weighted by Crippen LogP contribution is -2.49. The van der Waals surface area contributed by atoms with Gasteiger partial charge >= 0.3 is 6.18 Å². The standard InChI is InChI=1S/C15H15F3N4O3/c1-9-4-10(5-19)2-3-11(9)14(25)21-7-13(24)22(12(23)6-20)8-15(16,17)18/h2-4H,6-8,20H2,1H3,(H,21,25). The Morgan fingerprint density at radius 1 is 1.28 bits per heavy atom. The Bertz CT molecular complexity index is 726. The molecule has 10 heteroatoms. The van der Waals surface area contributed by atoms with Crippen molar-refractivity contribution >= 4 is 17.7 Å². The fourth-order valence-corrected chi connectivity index (χ4v) is 1.94. The van der Waals surface area contributed by atoms with Crippen molar-refractivity contribution in [1.29, 1.82) is 5.26 Å². The van der Waals surface area contributed by atoms with E-state index in [1.807, 2.05) is 6.07 Å². The predicted octanol–water partition coefficient (Wildman–Crippen LogP) is 0.473. The first-order valence-corrected chi connectivity index (χ1v) is 6.98. The maximum absolute atomic E-state index is 12.5. The highest BCUT2D eigenvalue weighted by atomic mass is 19.4.